The van der Waals surface area contributed by atoms with Gasteiger partial charge in [-0.05, 0) is 25.8 Å². The number of rotatable bonds is 2. The molecule has 0 atom stereocenters. The zero-order chi connectivity index (χ0) is 15.8. The summed E-state index contributed by atoms with van der Waals surface area (Å²) in [5, 5.41) is 5.44. The summed E-state index contributed by atoms with van der Waals surface area (Å²) in [6, 6.07) is 2.31. The van der Waals surface area contributed by atoms with E-state index in [1.807, 2.05) is 28.8 Å². The Morgan fingerprint density at radius 2 is 2.00 bits per heavy atom. The summed E-state index contributed by atoms with van der Waals surface area (Å²) in [6.45, 7) is 4.47. The highest BCUT2D eigenvalue weighted by atomic mass is 16.5. The lowest BCUT2D eigenvalue weighted by Gasteiger charge is -2.27. The summed E-state index contributed by atoms with van der Waals surface area (Å²) in [4.78, 5) is 19.4. The quantitative estimate of drug-likeness (QED) is 0.853. The fourth-order valence-electron chi connectivity index (χ4n) is 3.67. The van der Waals surface area contributed by atoms with Gasteiger partial charge in [0.15, 0.2) is 5.65 Å². The first kappa shape index (κ1) is 14.6. The van der Waals surface area contributed by atoms with Crippen LogP contribution >= 0.6 is 0 Å². The second kappa shape index (κ2) is 5.92. The van der Waals surface area contributed by atoms with Crippen LogP contribution in [-0.2, 0) is 4.74 Å². The van der Waals surface area contributed by atoms with Crippen LogP contribution in [0, 0.1) is 6.92 Å². The van der Waals surface area contributed by atoms with Gasteiger partial charge in [0.25, 0.3) is 5.91 Å². The van der Waals surface area contributed by atoms with Gasteiger partial charge in [0, 0.05) is 18.8 Å². The lowest BCUT2D eigenvalue weighted by Crippen LogP contribution is -2.40. The smallest absolute Gasteiger partial charge is 0.254 e. The highest BCUT2D eigenvalue weighted by molar-refractivity contribution is 6.05. The first-order chi connectivity index (χ1) is 11.2. The van der Waals surface area contributed by atoms with Gasteiger partial charge in [-0.15, -0.1) is 0 Å². The second-order valence-corrected chi connectivity index (χ2v) is 6.48. The SMILES string of the molecule is Cc1cc(C(=O)N2CCOCC2)c2cnn(C3CCCC3)c2n1. The summed E-state index contributed by atoms with van der Waals surface area (Å²) in [6.07, 6.45) is 6.61. The standard InChI is InChI=1S/C17H22N4O2/c1-12-10-14(17(22)20-6-8-23-9-7-20)15-11-18-21(16(15)19-12)13-4-2-3-5-13/h10-11,13H,2-9H2,1H3. The van der Waals surface area contributed by atoms with E-state index in [2.05, 4.69) is 10.1 Å². The first-order valence-electron chi connectivity index (χ1n) is 8.46. The molecule has 4 rings (SSSR count). The number of hydrogen-bond acceptors (Lipinski definition) is 4. The van der Waals surface area contributed by atoms with Crippen molar-refractivity contribution < 1.29 is 9.53 Å². The predicted molar refractivity (Wildman–Crippen MR) is 86.5 cm³/mol. The van der Waals surface area contributed by atoms with Crippen LogP contribution in [0.1, 0.15) is 47.8 Å². The molecule has 2 aromatic rings. The number of nitrogens with zero attached hydrogens (tertiary/aromatic N) is 4. The molecule has 0 bridgehead atoms. The van der Waals surface area contributed by atoms with E-state index in [0.29, 0.717) is 32.3 Å². The second-order valence-electron chi connectivity index (χ2n) is 6.48. The molecule has 1 amide bonds. The average molecular weight is 314 g/mol. The number of hydrogen-bond donors (Lipinski definition) is 0. The van der Waals surface area contributed by atoms with Crippen molar-refractivity contribution in [2.24, 2.45) is 0 Å². The van der Waals surface area contributed by atoms with Crippen LogP contribution in [0.5, 0.6) is 0 Å². The molecule has 2 aromatic heterocycles. The molecular weight excluding hydrogens is 292 g/mol. The summed E-state index contributed by atoms with van der Waals surface area (Å²) >= 11 is 0. The van der Waals surface area contributed by atoms with E-state index < -0.39 is 0 Å². The molecule has 6 nitrogen and oxygen atoms in total. The zero-order valence-corrected chi connectivity index (χ0v) is 13.5. The van der Waals surface area contributed by atoms with E-state index in [-0.39, 0.29) is 5.91 Å². The van der Waals surface area contributed by atoms with E-state index in [4.69, 9.17) is 4.74 Å². The Hall–Kier alpha value is -1.95. The Morgan fingerprint density at radius 3 is 2.74 bits per heavy atom. The van der Waals surface area contributed by atoms with Crippen molar-refractivity contribution in [2.45, 2.75) is 38.6 Å². The molecule has 0 N–H and O–H groups in total. The van der Waals surface area contributed by atoms with E-state index >= 15 is 0 Å². The van der Waals surface area contributed by atoms with Crippen molar-refractivity contribution in [3.8, 4) is 0 Å². The fraction of sp³-hybridized carbons (Fsp3) is 0.588. The van der Waals surface area contributed by atoms with Crippen molar-refractivity contribution in [3.05, 3.63) is 23.5 Å². The monoisotopic (exact) mass is 314 g/mol. The van der Waals surface area contributed by atoms with E-state index in [1.54, 1.807) is 0 Å². The molecule has 1 saturated heterocycles. The molecule has 3 heterocycles. The largest absolute Gasteiger partial charge is 0.378 e. The minimum absolute atomic E-state index is 0.0646. The normalized spacial score (nSPS) is 19.6. The van der Waals surface area contributed by atoms with Crippen molar-refractivity contribution >= 4 is 16.9 Å². The summed E-state index contributed by atoms with van der Waals surface area (Å²) in [7, 11) is 0. The van der Waals surface area contributed by atoms with Crippen molar-refractivity contribution in [1.29, 1.82) is 0 Å². The Labute approximate surface area is 135 Å². The molecule has 6 heteroatoms. The van der Waals surface area contributed by atoms with Gasteiger partial charge in [-0.3, -0.25) is 4.79 Å². The third kappa shape index (κ3) is 2.61. The number of aromatic nitrogens is 3. The number of morpholine rings is 1. The molecule has 23 heavy (non-hydrogen) atoms. The van der Waals surface area contributed by atoms with Gasteiger partial charge >= 0.3 is 0 Å². The molecule has 1 saturated carbocycles. The number of carbonyl (C=O) groups excluding carboxylic acids is 1. The number of fused-ring (bicyclic) bond motifs is 1. The van der Waals surface area contributed by atoms with Crippen molar-refractivity contribution in [2.75, 3.05) is 26.3 Å². The average Bonchev–Trinajstić information content (AvgIpc) is 3.23. The van der Waals surface area contributed by atoms with Crippen LogP contribution in [0.25, 0.3) is 11.0 Å². The van der Waals surface area contributed by atoms with Crippen molar-refractivity contribution in [3.63, 3.8) is 0 Å². The summed E-state index contributed by atoms with van der Waals surface area (Å²) in [5.41, 5.74) is 2.45. The van der Waals surface area contributed by atoms with Gasteiger partial charge in [0.2, 0.25) is 0 Å². The predicted octanol–water partition coefficient (Wildman–Crippen LogP) is 2.33. The third-order valence-electron chi connectivity index (χ3n) is 4.89. The van der Waals surface area contributed by atoms with Crippen LogP contribution in [-0.4, -0.2) is 51.9 Å². The molecule has 2 aliphatic rings. The minimum Gasteiger partial charge on any atom is -0.378 e. The van der Waals surface area contributed by atoms with Crippen LogP contribution in [0.15, 0.2) is 12.3 Å². The summed E-state index contributed by atoms with van der Waals surface area (Å²) in [5.74, 6) is 0.0646. The topological polar surface area (TPSA) is 60.3 Å². The van der Waals surface area contributed by atoms with E-state index in [9.17, 15) is 4.79 Å². The molecule has 122 valence electrons. The minimum atomic E-state index is 0.0646. The molecule has 1 aliphatic carbocycles. The Balaban J connectivity index is 1.75. The van der Waals surface area contributed by atoms with Gasteiger partial charge in [-0.2, -0.15) is 5.10 Å². The summed E-state index contributed by atoms with van der Waals surface area (Å²) < 4.78 is 7.38. The zero-order valence-electron chi connectivity index (χ0n) is 13.5. The van der Waals surface area contributed by atoms with Gasteiger partial charge in [-0.25, -0.2) is 9.67 Å². The molecule has 0 aromatic carbocycles. The Bertz CT molecular complexity index is 728. The Morgan fingerprint density at radius 1 is 1.26 bits per heavy atom. The maximum atomic E-state index is 12.9. The number of carbonyl (C=O) groups is 1. The molecule has 1 aliphatic heterocycles. The third-order valence-corrected chi connectivity index (χ3v) is 4.89. The molecule has 2 fully saturated rings. The molecule has 0 radical (unpaired) electrons. The fourth-order valence-corrected chi connectivity index (χ4v) is 3.67. The Kier molecular flexibility index (Phi) is 3.77. The van der Waals surface area contributed by atoms with Gasteiger partial charge < -0.3 is 9.64 Å². The van der Waals surface area contributed by atoms with Gasteiger partial charge in [-0.1, -0.05) is 12.8 Å². The van der Waals surface area contributed by atoms with Crippen LogP contribution in [0.3, 0.4) is 0 Å². The van der Waals surface area contributed by atoms with Gasteiger partial charge in [0.05, 0.1) is 36.4 Å². The van der Waals surface area contributed by atoms with E-state index in [0.717, 1.165) is 35.1 Å². The molecule has 0 unspecified atom stereocenters. The first-order valence-corrected chi connectivity index (χ1v) is 8.46. The highest BCUT2D eigenvalue weighted by Crippen LogP contribution is 2.32. The molecule has 0 spiro atoms. The molecular formula is C17H22N4O2. The van der Waals surface area contributed by atoms with Crippen LogP contribution in [0.4, 0.5) is 0 Å². The van der Waals surface area contributed by atoms with Gasteiger partial charge in [0.1, 0.15) is 0 Å². The maximum Gasteiger partial charge on any atom is 0.254 e. The van der Waals surface area contributed by atoms with Crippen LogP contribution < -0.4 is 0 Å². The maximum absolute atomic E-state index is 12.9. The van der Waals surface area contributed by atoms with E-state index in [1.165, 1.54) is 12.8 Å². The number of pyridine rings is 1. The number of amides is 1. The number of ether oxygens (including phenoxy) is 1. The van der Waals surface area contributed by atoms with Crippen molar-refractivity contribution in [1.82, 2.24) is 19.7 Å². The number of aryl methyl sites for hydroxylation is 1. The highest BCUT2D eigenvalue weighted by Gasteiger charge is 2.25. The van der Waals surface area contributed by atoms with Crippen LogP contribution in [0.2, 0.25) is 0 Å². The lowest BCUT2D eigenvalue weighted by molar-refractivity contribution is 0.0304. The lowest BCUT2D eigenvalue weighted by atomic mass is 10.1.